The second kappa shape index (κ2) is 20.2. The Morgan fingerprint density at radius 3 is 1.50 bits per heavy atom. The first-order valence-electron chi connectivity index (χ1n) is 20.2. The SMILES string of the molecule is O=c1c(O[C@@H]2O[C@H](CO)[C@@H](O)[C@H](O)[C@H]2O[C@@H]2O[C@H](CO)[C@H](O)[C@H](O)[C@H]2O[C@@H]2O[C@H](CO)[C@@H](O)[C@H](O)[C@H]2O)c(-c2ccc(O[C@@H]3O[C@H](CO)[C@@H](O)[C@H](O)[C@H]3O)c(O)c2)oc2cc(O)cc(O)c12. The molecule has 27 nitrogen and oxygen atoms in total. The van der Waals surface area contributed by atoms with Gasteiger partial charge >= 0.3 is 0 Å². The number of ether oxygens (including phenoxy) is 8. The van der Waals surface area contributed by atoms with E-state index in [4.69, 9.17) is 42.3 Å². The lowest BCUT2D eigenvalue weighted by Gasteiger charge is -2.48. The molecule has 4 saturated heterocycles. The van der Waals surface area contributed by atoms with Gasteiger partial charge in [0.15, 0.2) is 35.9 Å². The van der Waals surface area contributed by atoms with Crippen LogP contribution < -0.4 is 14.9 Å². The second-order valence-corrected chi connectivity index (χ2v) is 15.9. The highest BCUT2D eigenvalue weighted by Crippen LogP contribution is 2.41. The Hall–Kier alpha value is -4.15. The molecule has 0 saturated carbocycles. The highest BCUT2D eigenvalue weighted by molar-refractivity contribution is 5.88. The van der Waals surface area contributed by atoms with Crippen LogP contribution >= 0.6 is 0 Å². The predicted octanol–water partition coefficient (Wildman–Crippen LogP) is -7.42. The minimum atomic E-state index is -2.20. The molecular formula is C39H50O27. The van der Waals surface area contributed by atoms with Gasteiger partial charge in [-0.1, -0.05) is 0 Å². The van der Waals surface area contributed by atoms with Gasteiger partial charge in [-0.25, -0.2) is 0 Å². The van der Waals surface area contributed by atoms with Crippen LogP contribution in [0.3, 0.4) is 0 Å². The van der Waals surface area contributed by atoms with Crippen molar-refractivity contribution < 1.29 is 129 Å². The van der Waals surface area contributed by atoms with Gasteiger partial charge < -0.3 is 129 Å². The number of phenolic OH excluding ortho intramolecular Hbond substituents is 3. The van der Waals surface area contributed by atoms with Gasteiger partial charge in [0, 0.05) is 17.7 Å². The molecule has 0 amide bonds. The van der Waals surface area contributed by atoms with Crippen molar-refractivity contribution in [1.29, 1.82) is 0 Å². The average Bonchev–Trinajstić information content (AvgIpc) is 3.29. The molecule has 4 aliphatic heterocycles. The van der Waals surface area contributed by atoms with E-state index in [0.717, 1.165) is 30.3 Å². The van der Waals surface area contributed by atoms with Gasteiger partial charge in [0.05, 0.1) is 26.4 Å². The molecule has 0 aliphatic carbocycles. The van der Waals surface area contributed by atoms with Crippen LogP contribution in [0.5, 0.6) is 28.7 Å². The number of aromatic hydroxyl groups is 3. The van der Waals surface area contributed by atoms with E-state index in [-0.39, 0.29) is 5.56 Å². The van der Waals surface area contributed by atoms with Crippen molar-refractivity contribution in [3.05, 3.63) is 40.6 Å². The first-order valence-corrected chi connectivity index (χ1v) is 20.2. The second-order valence-electron chi connectivity index (χ2n) is 15.9. The third-order valence-electron chi connectivity index (χ3n) is 11.5. The zero-order chi connectivity index (χ0) is 48.0. The average molecular weight is 951 g/mol. The molecule has 4 aliphatic rings. The predicted molar refractivity (Wildman–Crippen MR) is 207 cm³/mol. The number of phenols is 3. The summed E-state index contributed by atoms with van der Waals surface area (Å²) in [4.78, 5) is 14.3. The van der Waals surface area contributed by atoms with Gasteiger partial charge in [0.2, 0.25) is 23.8 Å². The molecule has 3 aromatic rings. The molecule has 1 aromatic heterocycles. The van der Waals surface area contributed by atoms with Gasteiger partial charge in [-0.05, 0) is 18.2 Å². The first-order chi connectivity index (χ1) is 31.3. The first kappa shape index (κ1) is 49.7. The summed E-state index contributed by atoms with van der Waals surface area (Å²) in [7, 11) is 0. The van der Waals surface area contributed by atoms with Crippen LogP contribution in [-0.2, 0) is 28.4 Å². The van der Waals surface area contributed by atoms with E-state index in [1.54, 1.807) is 0 Å². The van der Waals surface area contributed by atoms with Gasteiger partial charge in [0.1, 0.15) is 114 Å². The fourth-order valence-electron chi connectivity index (χ4n) is 7.83. The molecule has 4 fully saturated rings. The largest absolute Gasteiger partial charge is 0.508 e. The fraction of sp³-hybridized carbons (Fsp3) is 0.615. The summed E-state index contributed by atoms with van der Waals surface area (Å²) >= 11 is 0. The maximum atomic E-state index is 14.3. The third kappa shape index (κ3) is 9.36. The Bertz CT molecular complexity index is 2190. The van der Waals surface area contributed by atoms with E-state index < -0.39 is 200 Å². The Morgan fingerprint density at radius 2 is 0.955 bits per heavy atom. The molecule has 0 radical (unpaired) electrons. The highest BCUT2D eigenvalue weighted by atomic mass is 16.8. The minimum Gasteiger partial charge on any atom is -0.508 e. The molecule has 17 N–H and O–H groups in total. The Labute approximate surface area is 369 Å². The van der Waals surface area contributed by atoms with Crippen molar-refractivity contribution in [2.45, 2.75) is 123 Å². The van der Waals surface area contributed by atoms with Crippen LogP contribution in [0.2, 0.25) is 0 Å². The van der Waals surface area contributed by atoms with Crippen LogP contribution in [-0.4, -0.2) is 236 Å². The highest BCUT2D eigenvalue weighted by Gasteiger charge is 2.55. The number of benzene rings is 2. The molecule has 66 heavy (non-hydrogen) atoms. The summed E-state index contributed by atoms with van der Waals surface area (Å²) in [5.41, 5.74) is -1.93. The van der Waals surface area contributed by atoms with Crippen molar-refractivity contribution in [3.8, 4) is 40.1 Å². The molecular weight excluding hydrogens is 900 g/mol. The number of hydrogen-bond acceptors (Lipinski definition) is 27. The van der Waals surface area contributed by atoms with Crippen LogP contribution in [0, 0.1) is 0 Å². The van der Waals surface area contributed by atoms with Crippen molar-refractivity contribution in [3.63, 3.8) is 0 Å². The Morgan fingerprint density at radius 1 is 0.485 bits per heavy atom. The third-order valence-corrected chi connectivity index (χ3v) is 11.5. The molecule has 5 heterocycles. The zero-order valence-electron chi connectivity index (χ0n) is 33.9. The van der Waals surface area contributed by atoms with Crippen molar-refractivity contribution in [2.75, 3.05) is 26.4 Å². The number of aliphatic hydroxyl groups is 14. The van der Waals surface area contributed by atoms with Crippen LogP contribution in [0.4, 0.5) is 0 Å². The lowest BCUT2D eigenvalue weighted by molar-refractivity contribution is -0.389. The van der Waals surface area contributed by atoms with Gasteiger partial charge in [-0.15, -0.1) is 0 Å². The Kier molecular flexibility index (Phi) is 15.2. The maximum Gasteiger partial charge on any atom is 0.239 e. The molecule has 20 atom stereocenters. The molecule has 0 spiro atoms. The number of aliphatic hydroxyl groups excluding tert-OH is 14. The van der Waals surface area contributed by atoms with E-state index in [0.29, 0.717) is 0 Å². The normalized spacial score (nSPS) is 39.7. The van der Waals surface area contributed by atoms with Crippen molar-refractivity contribution in [1.82, 2.24) is 0 Å². The maximum absolute atomic E-state index is 14.3. The number of rotatable bonds is 13. The topological polar surface area (TPSA) is 448 Å². The Balaban J connectivity index is 1.26. The smallest absolute Gasteiger partial charge is 0.239 e. The molecule has 27 heteroatoms. The molecule has 0 bridgehead atoms. The van der Waals surface area contributed by atoms with Crippen LogP contribution in [0.25, 0.3) is 22.3 Å². The van der Waals surface area contributed by atoms with Crippen molar-refractivity contribution in [2.24, 2.45) is 0 Å². The van der Waals surface area contributed by atoms with Crippen LogP contribution in [0.1, 0.15) is 0 Å². The number of fused-ring (bicyclic) bond motifs is 1. The molecule has 7 rings (SSSR count). The van der Waals surface area contributed by atoms with Crippen LogP contribution in [0.15, 0.2) is 39.5 Å². The van der Waals surface area contributed by atoms with E-state index >= 15 is 0 Å². The lowest BCUT2D eigenvalue weighted by Crippen LogP contribution is -2.67. The van der Waals surface area contributed by atoms with Crippen molar-refractivity contribution >= 4 is 11.0 Å². The van der Waals surface area contributed by atoms with Gasteiger partial charge in [-0.2, -0.15) is 0 Å². The zero-order valence-corrected chi connectivity index (χ0v) is 33.9. The summed E-state index contributed by atoms with van der Waals surface area (Å²) in [5, 5.41) is 177. The van der Waals surface area contributed by atoms with Gasteiger partial charge in [-0.3, -0.25) is 4.79 Å². The summed E-state index contributed by atoms with van der Waals surface area (Å²) in [5.74, 6) is -4.14. The van der Waals surface area contributed by atoms with E-state index in [1.165, 1.54) is 0 Å². The summed E-state index contributed by atoms with van der Waals surface area (Å²) in [6.07, 6.45) is -38.2. The van der Waals surface area contributed by atoms with E-state index in [9.17, 15) is 91.6 Å². The quantitative estimate of drug-likeness (QED) is 0.0757. The summed E-state index contributed by atoms with van der Waals surface area (Å²) in [6, 6.07) is 4.82. The van der Waals surface area contributed by atoms with E-state index in [2.05, 4.69) is 0 Å². The standard InChI is InChI=1S/C39H50O27/c40-6-16-21(47)26(52)30(56)36(60-16)59-14-2-1-10(3-12(14)45)32-33(25(51)20-13(46)4-11(44)5-15(20)58-32)64-38-35(29(55)24(50)18(8-42)62-38)66-39-34(28(54)23(49)19(9-43)63-39)65-37-31(57)27(53)22(48)17(7-41)61-37/h1-5,16-19,21-24,26-31,34-50,52-57H,6-9H2/t16-,17-,18-,19-,21-,22-,23+,24-,26+,27+,28+,29+,30-,31-,34-,35-,36-,37+,38+,39+/m1/s1. The molecule has 2 aromatic carbocycles. The molecule has 368 valence electrons. The number of hydrogen-bond donors (Lipinski definition) is 17. The van der Waals surface area contributed by atoms with Gasteiger partial charge in [0.25, 0.3) is 0 Å². The summed E-state index contributed by atoms with van der Waals surface area (Å²) in [6.45, 7) is -3.69. The summed E-state index contributed by atoms with van der Waals surface area (Å²) < 4.78 is 51.2. The van der Waals surface area contributed by atoms with E-state index in [1.807, 2.05) is 0 Å². The minimum absolute atomic E-state index is 0.246. The molecule has 0 unspecified atom stereocenters. The lowest BCUT2D eigenvalue weighted by atomic mass is 9.96. The fourth-order valence-corrected chi connectivity index (χ4v) is 7.83. The monoisotopic (exact) mass is 950 g/mol.